The molecule has 0 aliphatic carbocycles. The molecule has 0 saturated heterocycles. The number of nitrogens with one attached hydrogen (secondary N) is 3. The van der Waals surface area contributed by atoms with Gasteiger partial charge in [0.2, 0.25) is 0 Å². The number of hydrogen-bond donors (Lipinski definition) is 3. The summed E-state index contributed by atoms with van der Waals surface area (Å²) in [6.45, 7) is 3.89. The molecule has 2 rings (SSSR count). The van der Waals surface area contributed by atoms with Gasteiger partial charge in [0.1, 0.15) is 0 Å². The standard InChI is InChI=1S/C12H18N4O3S/c1-9(2)15-20(18,19)13-7-8-16-11-6-4-3-5-10(11)14-12(16)17/h3-6,9,13,15H,7-8H2,1-2H3,(H,14,17). The van der Waals surface area contributed by atoms with Crippen molar-refractivity contribution in [1.29, 1.82) is 0 Å². The number of H-pyrrole nitrogens is 1. The van der Waals surface area contributed by atoms with E-state index in [9.17, 15) is 13.2 Å². The van der Waals surface area contributed by atoms with E-state index in [2.05, 4.69) is 14.4 Å². The molecule has 0 radical (unpaired) electrons. The third kappa shape index (κ3) is 3.47. The van der Waals surface area contributed by atoms with Crippen molar-refractivity contribution < 1.29 is 8.42 Å². The Morgan fingerprint density at radius 3 is 2.70 bits per heavy atom. The van der Waals surface area contributed by atoms with E-state index in [4.69, 9.17) is 0 Å². The normalized spacial score (nSPS) is 12.3. The molecule has 3 N–H and O–H groups in total. The summed E-state index contributed by atoms with van der Waals surface area (Å²) in [5.41, 5.74) is 1.25. The number of imidazole rings is 1. The predicted molar refractivity (Wildman–Crippen MR) is 77.8 cm³/mol. The zero-order valence-corrected chi connectivity index (χ0v) is 12.2. The van der Waals surface area contributed by atoms with Crippen molar-refractivity contribution in [3.8, 4) is 0 Å². The molecule has 0 amide bonds. The lowest BCUT2D eigenvalue weighted by atomic mass is 10.3. The van der Waals surface area contributed by atoms with Crippen LogP contribution >= 0.6 is 0 Å². The Morgan fingerprint density at radius 2 is 2.00 bits per heavy atom. The lowest BCUT2D eigenvalue weighted by Gasteiger charge is -2.10. The fourth-order valence-electron chi connectivity index (χ4n) is 1.97. The SMILES string of the molecule is CC(C)NS(=O)(=O)NCCn1c(=O)[nH]c2ccccc21. The Morgan fingerprint density at radius 1 is 1.30 bits per heavy atom. The fourth-order valence-corrected chi connectivity index (χ4v) is 3.04. The molecular formula is C12H18N4O3S. The zero-order chi connectivity index (χ0) is 14.8. The predicted octanol–water partition coefficient (Wildman–Crippen LogP) is 0.162. The average molecular weight is 298 g/mol. The molecule has 1 aromatic carbocycles. The van der Waals surface area contributed by atoms with Gasteiger partial charge in [0.15, 0.2) is 0 Å². The molecule has 0 aliphatic heterocycles. The van der Waals surface area contributed by atoms with Gasteiger partial charge in [0.25, 0.3) is 10.2 Å². The van der Waals surface area contributed by atoms with Crippen LogP contribution in [0.1, 0.15) is 13.8 Å². The lowest BCUT2D eigenvalue weighted by Crippen LogP contribution is -2.41. The first kappa shape index (κ1) is 14.8. The Bertz CT molecular complexity index is 745. The largest absolute Gasteiger partial charge is 0.326 e. The molecule has 0 spiro atoms. The summed E-state index contributed by atoms with van der Waals surface area (Å²) in [5.74, 6) is 0. The zero-order valence-electron chi connectivity index (χ0n) is 11.4. The molecule has 1 heterocycles. The van der Waals surface area contributed by atoms with Gasteiger partial charge in [-0.3, -0.25) is 4.57 Å². The van der Waals surface area contributed by atoms with Gasteiger partial charge in [-0.05, 0) is 26.0 Å². The average Bonchev–Trinajstić information content (AvgIpc) is 2.64. The van der Waals surface area contributed by atoms with Crippen LogP contribution < -0.4 is 15.1 Å². The first-order chi connectivity index (χ1) is 9.39. The van der Waals surface area contributed by atoms with Crippen LogP contribution in [-0.2, 0) is 16.8 Å². The molecule has 2 aromatic rings. The van der Waals surface area contributed by atoms with Crippen LogP contribution in [0.3, 0.4) is 0 Å². The highest BCUT2D eigenvalue weighted by molar-refractivity contribution is 7.87. The van der Waals surface area contributed by atoms with Gasteiger partial charge in [0.05, 0.1) is 11.0 Å². The molecule has 0 atom stereocenters. The van der Waals surface area contributed by atoms with E-state index in [0.717, 1.165) is 11.0 Å². The maximum Gasteiger partial charge on any atom is 0.326 e. The number of aromatic amines is 1. The van der Waals surface area contributed by atoms with Crippen LogP contribution in [-0.4, -0.2) is 30.6 Å². The van der Waals surface area contributed by atoms with Gasteiger partial charge in [-0.2, -0.15) is 13.1 Å². The molecule has 0 unspecified atom stereocenters. The van der Waals surface area contributed by atoms with Crippen LogP contribution in [0.4, 0.5) is 0 Å². The van der Waals surface area contributed by atoms with Gasteiger partial charge in [0, 0.05) is 19.1 Å². The van der Waals surface area contributed by atoms with Crippen molar-refractivity contribution in [2.24, 2.45) is 0 Å². The Balaban J connectivity index is 2.07. The summed E-state index contributed by atoms with van der Waals surface area (Å²) in [4.78, 5) is 14.5. The number of benzene rings is 1. The second-order valence-electron chi connectivity index (χ2n) is 4.77. The van der Waals surface area contributed by atoms with E-state index in [-0.39, 0.29) is 24.8 Å². The van der Waals surface area contributed by atoms with Crippen molar-refractivity contribution in [2.75, 3.05) is 6.54 Å². The smallest absolute Gasteiger partial charge is 0.306 e. The number of rotatable bonds is 6. The molecule has 0 bridgehead atoms. The minimum Gasteiger partial charge on any atom is -0.306 e. The third-order valence-corrected chi connectivity index (χ3v) is 4.07. The summed E-state index contributed by atoms with van der Waals surface area (Å²) in [5, 5.41) is 0. The van der Waals surface area contributed by atoms with E-state index in [1.54, 1.807) is 19.9 Å². The van der Waals surface area contributed by atoms with Crippen LogP contribution in [0.25, 0.3) is 11.0 Å². The summed E-state index contributed by atoms with van der Waals surface area (Å²) >= 11 is 0. The van der Waals surface area contributed by atoms with E-state index in [1.165, 1.54) is 4.57 Å². The van der Waals surface area contributed by atoms with Gasteiger partial charge in [-0.1, -0.05) is 12.1 Å². The lowest BCUT2D eigenvalue weighted by molar-refractivity contribution is 0.548. The first-order valence-corrected chi connectivity index (χ1v) is 7.82. The van der Waals surface area contributed by atoms with Crippen molar-refractivity contribution >= 4 is 21.2 Å². The van der Waals surface area contributed by atoms with Gasteiger partial charge in [-0.25, -0.2) is 9.52 Å². The Kier molecular flexibility index (Phi) is 4.26. The number of aromatic nitrogens is 2. The fraction of sp³-hybridized carbons (Fsp3) is 0.417. The molecule has 20 heavy (non-hydrogen) atoms. The molecule has 110 valence electrons. The third-order valence-electron chi connectivity index (χ3n) is 2.70. The minimum absolute atomic E-state index is 0.143. The van der Waals surface area contributed by atoms with Crippen LogP contribution in [0, 0.1) is 0 Å². The van der Waals surface area contributed by atoms with Crippen molar-refractivity contribution in [3.63, 3.8) is 0 Å². The number of hydrogen-bond acceptors (Lipinski definition) is 3. The topological polar surface area (TPSA) is 96.0 Å². The molecule has 0 saturated carbocycles. The monoisotopic (exact) mass is 298 g/mol. The van der Waals surface area contributed by atoms with E-state index >= 15 is 0 Å². The van der Waals surface area contributed by atoms with Gasteiger partial charge < -0.3 is 4.98 Å². The summed E-state index contributed by atoms with van der Waals surface area (Å²) < 4.78 is 29.5. The second kappa shape index (κ2) is 5.78. The van der Waals surface area contributed by atoms with Crippen molar-refractivity contribution in [3.05, 3.63) is 34.7 Å². The minimum atomic E-state index is -3.53. The molecule has 7 nitrogen and oxygen atoms in total. The summed E-state index contributed by atoms with van der Waals surface area (Å²) in [7, 11) is -3.53. The van der Waals surface area contributed by atoms with Gasteiger partial charge in [-0.15, -0.1) is 0 Å². The quantitative estimate of drug-likeness (QED) is 0.709. The highest BCUT2D eigenvalue weighted by Gasteiger charge is 2.11. The van der Waals surface area contributed by atoms with Crippen molar-refractivity contribution in [2.45, 2.75) is 26.4 Å². The van der Waals surface area contributed by atoms with Crippen LogP contribution in [0.5, 0.6) is 0 Å². The summed E-state index contributed by atoms with van der Waals surface area (Å²) in [6, 6.07) is 7.10. The first-order valence-electron chi connectivity index (χ1n) is 6.33. The molecule has 0 aliphatic rings. The molecule has 0 fully saturated rings. The molecular weight excluding hydrogens is 280 g/mol. The Hall–Kier alpha value is -1.64. The maximum atomic E-state index is 11.8. The highest BCUT2D eigenvalue weighted by Crippen LogP contribution is 2.08. The number of fused-ring (bicyclic) bond motifs is 1. The van der Waals surface area contributed by atoms with Gasteiger partial charge >= 0.3 is 5.69 Å². The highest BCUT2D eigenvalue weighted by atomic mass is 32.2. The van der Waals surface area contributed by atoms with E-state index in [1.807, 2.05) is 18.2 Å². The maximum absolute atomic E-state index is 11.8. The Labute approximate surface area is 117 Å². The molecule has 8 heteroatoms. The van der Waals surface area contributed by atoms with E-state index < -0.39 is 10.2 Å². The molecule has 1 aromatic heterocycles. The van der Waals surface area contributed by atoms with Crippen molar-refractivity contribution in [1.82, 2.24) is 19.0 Å². The summed E-state index contributed by atoms with van der Waals surface area (Å²) in [6.07, 6.45) is 0. The number of nitrogens with zero attached hydrogens (tertiary/aromatic N) is 1. The second-order valence-corrected chi connectivity index (χ2v) is 6.30. The number of para-hydroxylation sites is 2. The van der Waals surface area contributed by atoms with E-state index in [0.29, 0.717) is 0 Å². The van der Waals surface area contributed by atoms with Crippen LogP contribution in [0.2, 0.25) is 0 Å². The van der Waals surface area contributed by atoms with Crippen LogP contribution in [0.15, 0.2) is 29.1 Å².